The largest absolute Gasteiger partial charge is 0.493 e. The Kier molecular flexibility index (Phi) is 15.5. The second kappa shape index (κ2) is 22.1. The molecule has 77 heavy (non-hydrogen) atoms. The summed E-state index contributed by atoms with van der Waals surface area (Å²) in [6, 6.07) is 26.2. The summed E-state index contributed by atoms with van der Waals surface area (Å²) >= 11 is 6.45. The van der Waals surface area contributed by atoms with Gasteiger partial charge in [0.15, 0.2) is 11.5 Å². The number of nitrogens with zero attached hydrogens (tertiary/aromatic N) is 5. The lowest BCUT2D eigenvalue weighted by atomic mass is 9.59. The number of anilines is 2. The number of aromatic nitrogens is 2. The van der Waals surface area contributed by atoms with Crippen molar-refractivity contribution in [1.29, 1.82) is 0 Å². The van der Waals surface area contributed by atoms with Gasteiger partial charge in [-0.2, -0.15) is 0 Å². The SMILES string of the molecule is COc1ccc(CN2CCN(C3CC4(CCN(c5ccc(C(=O)NS(=O)(=O)c6ccc(NCC7CCC(C)(O)CC7)c([N+](=O)[O-])c6)c(Oc6cnc7[nH]cc(Cl)c7c6)c5)CC4)C3)C(c3ccccc3C(C)C)C2)cc1OC. The molecule has 1 unspecified atom stereocenters. The third-order valence-electron chi connectivity index (χ3n) is 16.7. The number of fused-ring (bicyclic) bond motifs is 1. The van der Waals surface area contributed by atoms with Gasteiger partial charge in [-0.05, 0) is 135 Å². The summed E-state index contributed by atoms with van der Waals surface area (Å²) in [6.07, 6.45) is 10.1. The number of piperazine rings is 1. The minimum absolute atomic E-state index is 0.0652. The van der Waals surface area contributed by atoms with E-state index in [1.165, 1.54) is 35.0 Å². The number of nitro benzene ring substituents is 1. The van der Waals surface area contributed by atoms with Crippen LogP contribution in [0.5, 0.6) is 23.0 Å². The van der Waals surface area contributed by atoms with E-state index in [0.717, 1.165) is 101 Å². The van der Waals surface area contributed by atoms with Crippen LogP contribution in [0.15, 0.2) is 102 Å². The minimum atomic E-state index is -4.62. The molecule has 4 fully saturated rings. The lowest BCUT2D eigenvalue weighted by Crippen LogP contribution is -2.60. The predicted octanol–water partition coefficient (Wildman–Crippen LogP) is 10.8. The Labute approximate surface area is 455 Å². The fraction of sp³-hybridized carbons (Fsp3) is 0.448. The minimum Gasteiger partial charge on any atom is -0.493 e. The first-order valence-corrected chi connectivity index (χ1v) is 28.6. The lowest BCUT2D eigenvalue weighted by Gasteiger charge is -2.58. The molecule has 19 heteroatoms. The van der Waals surface area contributed by atoms with Crippen LogP contribution in [0.3, 0.4) is 0 Å². The summed E-state index contributed by atoms with van der Waals surface area (Å²) in [4.78, 5) is 40.4. The monoisotopic (exact) mass is 1090 g/mol. The Morgan fingerprint density at radius 2 is 1.69 bits per heavy atom. The number of nitrogens with one attached hydrogen (secondary N) is 3. The van der Waals surface area contributed by atoms with Gasteiger partial charge >= 0.3 is 0 Å². The number of piperidine rings is 1. The molecule has 1 amide bonds. The van der Waals surface area contributed by atoms with Crippen molar-refractivity contribution in [3.05, 3.63) is 135 Å². The van der Waals surface area contributed by atoms with Crippen LogP contribution < -0.4 is 29.1 Å². The van der Waals surface area contributed by atoms with Crippen molar-refractivity contribution in [3.8, 4) is 23.0 Å². The highest BCUT2D eigenvalue weighted by atomic mass is 35.5. The molecule has 6 aromatic rings. The first kappa shape index (κ1) is 53.9. The van der Waals surface area contributed by atoms with Crippen LogP contribution in [0.1, 0.15) is 111 Å². The van der Waals surface area contributed by atoms with E-state index in [4.69, 9.17) is 25.8 Å². The van der Waals surface area contributed by atoms with Gasteiger partial charge in [0.2, 0.25) is 0 Å². The first-order chi connectivity index (χ1) is 36.9. The number of ether oxygens (including phenoxy) is 3. The fourth-order valence-corrected chi connectivity index (χ4v) is 13.4. The Balaban J connectivity index is 0.838. The molecule has 4 aromatic carbocycles. The van der Waals surface area contributed by atoms with Gasteiger partial charge in [-0.3, -0.25) is 24.7 Å². The smallest absolute Gasteiger partial charge is 0.293 e. The van der Waals surface area contributed by atoms with Crippen molar-refractivity contribution >= 4 is 55.6 Å². The van der Waals surface area contributed by atoms with Gasteiger partial charge in [0.05, 0.1) is 46.4 Å². The molecule has 17 nitrogen and oxygen atoms in total. The van der Waals surface area contributed by atoms with Crippen molar-refractivity contribution < 1.29 is 37.5 Å². The number of H-pyrrole nitrogens is 1. The topological polar surface area (TPSA) is 205 Å². The summed E-state index contributed by atoms with van der Waals surface area (Å²) in [5.41, 5.74) is 4.48. The molecule has 408 valence electrons. The average Bonchev–Trinajstić information content (AvgIpc) is 3.82. The average molecular weight is 1090 g/mol. The highest BCUT2D eigenvalue weighted by Crippen LogP contribution is 2.53. The molecule has 1 atom stereocenters. The zero-order valence-corrected chi connectivity index (χ0v) is 46.0. The van der Waals surface area contributed by atoms with E-state index < -0.39 is 37.0 Å². The molecule has 2 aliphatic carbocycles. The van der Waals surface area contributed by atoms with Crippen molar-refractivity contribution in [1.82, 2.24) is 24.5 Å². The van der Waals surface area contributed by atoms with Gasteiger partial charge in [-0.25, -0.2) is 18.1 Å². The number of sulfonamides is 1. The number of benzene rings is 4. The molecule has 4 aliphatic rings. The van der Waals surface area contributed by atoms with Crippen molar-refractivity contribution in [3.63, 3.8) is 0 Å². The van der Waals surface area contributed by atoms with Crippen molar-refractivity contribution in [2.45, 2.75) is 107 Å². The zero-order valence-electron chi connectivity index (χ0n) is 44.4. The Bertz CT molecular complexity index is 3250. The molecule has 4 heterocycles. The molecule has 1 spiro atoms. The lowest BCUT2D eigenvalue weighted by molar-refractivity contribution is -0.384. The summed E-state index contributed by atoms with van der Waals surface area (Å²) in [6.45, 7) is 12.0. The Morgan fingerprint density at radius 1 is 0.935 bits per heavy atom. The van der Waals surface area contributed by atoms with E-state index in [-0.39, 0.29) is 40.1 Å². The molecular weight excluding hydrogens is 1020 g/mol. The third-order valence-corrected chi connectivity index (χ3v) is 18.3. The summed E-state index contributed by atoms with van der Waals surface area (Å²) in [7, 11) is -1.28. The third kappa shape index (κ3) is 11.7. The Morgan fingerprint density at radius 3 is 2.42 bits per heavy atom. The normalized spacial score (nSPS) is 21.2. The van der Waals surface area contributed by atoms with Crippen LogP contribution in [-0.4, -0.2) is 109 Å². The highest BCUT2D eigenvalue weighted by Gasteiger charge is 2.50. The van der Waals surface area contributed by atoms with E-state index >= 15 is 0 Å². The molecular formula is C58H69ClN8O9S. The second-order valence-electron chi connectivity index (χ2n) is 22.2. The number of carbonyl (C=O) groups excluding carboxylic acids is 1. The van der Waals surface area contributed by atoms with E-state index in [1.807, 2.05) is 13.0 Å². The molecule has 0 radical (unpaired) electrons. The van der Waals surface area contributed by atoms with Gasteiger partial charge in [0.1, 0.15) is 22.8 Å². The number of pyridine rings is 1. The van der Waals surface area contributed by atoms with Crippen LogP contribution in [0.4, 0.5) is 17.1 Å². The van der Waals surface area contributed by atoms with Crippen LogP contribution in [0.25, 0.3) is 11.0 Å². The summed E-state index contributed by atoms with van der Waals surface area (Å²) in [5.74, 6) is 1.43. The number of aromatic amines is 1. The maximum atomic E-state index is 14.2. The Hall–Kier alpha value is -6.44. The molecule has 2 aliphatic heterocycles. The summed E-state index contributed by atoms with van der Waals surface area (Å²) < 4.78 is 47.5. The van der Waals surface area contributed by atoms with Crippen LogP contribution in [-0.2, 0) is 16.6 Å². The number of rotatable bonds is 17. The second-order valence-corrected chi connectivity index (χ2v) is 24.3. The predicted molar refractivity (Wildman–Crippen MR) is 298 cm³/mol. The maximum absolute atomic E-state index is 14.2. The van der Waals surface area contributed by atoms with Crippen LogP contribution >= 0.6 is 11.6 Å². The maximum Gasteiger partial charge on any atom is 0.293 e. The van der Waals surface area contributed by atoms with Gasteiger partial charge in [-0.15, -0.1) is 0 Å². The molecule has 2 saturated heterocycles. The van der Waals surface area contributed by atoms with Crippen molar-refractivity contribution in [2.75, 3.05) is 63.7 Å². The highest BCUT2D eigenvalue weighted by molar-refractivity contribution is 7.90. The first-order valence-electron chi connectivity index (χ1n) is 26.7. The number of hydrogen-bond acceptors (Lipinski definition) is 14. The summed E-state index contributed by atoms with van der Waals surface area (Å²) in [5, 5.41) is 26.8. The molecule has 4 N–H and O–H groups in total. The van der Waals surface area contributed by atoms with E-state index in [9.17, 15) is 28.4 Å². The molecule has 10 rings (SSSR count). The number of halogens is 1. The number of aliphatic hydroxyl groups is 1. The van der Waals surface area contributed by atoms with E-state index in [1.54, 1.807) is 44.7 Å². The number of methoxy groups -OCH3 is 2. The number of hydrogen-bond donors (Lipinski definition) is 4. The number of amides is 1. The van der Waals surface area contributed by atoms with Crippen molar-refractivity contribution in [2.24, 2.45) is 11.3 Å². The van der Waals surface area contributed by atoms with Crippen LogP contribution in [0, 0.1) is 21.4 Å². The molecule has 0 bridgehead atoms. The quantitative estimate of drug-likeness (QED) is 0.0496. The van der Waals surface area contributed by atoms with Gasteiger partial charge in [0, 0.05) is 87.3 Å². The van der Waals surface area contributed by atoms with Crippen LogP contribution in [0.2, 0.25) is 5.02 Å². The van der Waals surface area contributed by atoms with E-state index in [2.05, 4.69) is 85.0 Å². The molecule has 2 saturated carbocycles. The van der Waals surface area contributed by atoms with E-state index in [0.29, 0.717) is 47.4 Å². The zero-order chi connectivity index (χ0) is 54.2. The van der Waals surface area contributed by atoms with Gasteiger partial charge < -0.3 is 34.5 Å². The molecule has 2 aromatic heterocycles. The standard InChI is InChI=1S/C58H69ClN8O9S/c1-37(2)44-8-6-7-9-45(44)51-36-64(35-39-10-15-52(74-4)54(26-39)75-5)24-25-66(51)41-30-58(31-41)20-22-65(23-21-58)40-11-13-46(53(27-40)76-42-28-47-48(59)34-62-55(47)61-33-42)56(68)63-77(72,73)43-12-14-49(50(29-43)67(70)71)60-32-38-16-18-57(3,69)19-17-38/h6-15,26-29,33-34,37-38,41,51,60,69H,16-25,30-32,35-36H2,1-5H3,(H,61,62)(H,63,68). The number of carbonyl (C=O) groups is 1. The van der Waals surface area contributed by atoms with Gasteiger partial charge in [-0.1, -0.05) is 55.8 Å². The van der Waals surface area contributed by atoms with Gasteiger partial charge in [0.25, 0.3) is 21.6 Å². The fourth-order valence-electron chi connectivity index (χ4n) is 12.2. The number of nitro groups is 1.